The minimum Gasteiger partial charge on any atom is -0.322 e. The zero-order valence-corrected chi connectivity index (χ0v) is 12.9. The van der Waals surface area contributed by atoms with Crippen LogP contribution in [0.5, 0.6) is 0 Å². The third-order valence-electron chi connectivity index (χ3n) is 3.50. The van der Waals surface area contributed by atoms with E-state index >= 15 is 0 Å². The zero-order chi connectivity index (χ0) is 14.5. The van der Waals surface area contributed by atoms with E-state index in [1.807, 2.05) is 29.2 Å². The van der Waals surface area contributed by atoms with Crippen LogP contribution in [0.1, 0.15) is 24.6 Å². The largest absolute Gasteiger partial charge is 0.322 e. The van der Waals surface area contributed by atoms with E-state index in [2.05, 4.69) is 24.3 Å². The third-order valence-corrected chi connectivity index (χ3v) is 3.73. The van der Waals surface area contributed by atoms with Crippen molar-refractivity contribution in [2.45, 2.75) is 19.0 Å². The summed E-state index contributed by atoms with van der Waals surface area (Å²) in [6, 6.07) is 7.70. The van der Waals surface area contributed by atoms with E-state index in [0.29, 0.717) is 11.6 Å². The smallest absolute Gasteiger partial charge is 0.238 e. The quantitative estimate of drug-likeness (QED) is 0.817. The van der Waals surface area contributed by atoms with Gasteiger partial charge in [0.2, 0.25) is 5.91 Å². The molecule has 0 radical (unpaired) electrons. The fraction of sp³-hybridized carbons (Fsp3) is 0.533. The molecule has 1 heterocycles. The van der Waals surface area contributed by atoms with Crippen molar-refractivity contribution >= 4 is 17.5 Å². The second-order valence-electron chi connectivity index (χ2n) is 5.44. The highest BCUT2D eigenvalue weighted by Crippen LogP contribution is 2.24. The van der Waals surface area contributed by atoms with Crippen LogP contribution in [0, 0.1) is 0 Å². The number of carbonyl (C=O) groups is 1. The van der Waals surface area contributed by atoms with Gasteiger partial charge in [-0.3, -0.25) is 10.1 Å². The van der Waals surface area contributed by atoms with Crippen molar-refractivity contribution in [3.05, 3.63) is 34.9 Å². The lowest BCUT2D eigenvalue weighted by atomic mass is 10.1. The van der Waals surface area contributed by atoms with Gasteiger partial charge in [-0.2, -0.15) is 0 Å². The first kappa shape index (κ1) is 15.3. The molecule has 0 bridgehead atoms. The predicted octanol–water partition coefficient (Wildman–Crippen LogP) is 2.11. The van der Waals surface area contributed by atoms with E-state index in [0.717, 1.165) is 31.5 Å². The molecule has 0 aliphatic carbocycles. The van der Waals surface area contributed by atoms with Gasteiger partial charge in [0, 0.05) is 11.6 Å². The highest BCUT2D eigenvalue weighted by Gasteiger charge is 2.30. The molecule has 0 saturated carbocycles. The summed E-state index contributed by atoms with van der Waals surface area (Å²) >= 11 is 6.03. The molecule has 20 heavy (non-hydrogen) atoms. The Morgan fingerprint density at radius 1 is 1.40 bits per heavy atom. The predicted molar refractivity (Wildman–Crippen MR) is 81.7 cm³/mol. The monoisotopic (exact) mass is 295 g/mol. The highest BCUT2D eigenvalue weighted by molar-refractivity contribution is 6.30. The van der Waals surface area contributed by atoms with Gasteiger partial charge in [-0.25, -0.2) is 0 Å². The molecule has 0 aromatic heterocycles. The summed E-state index contributed by atoms with van der Waals surface area (Å²) in [4.78, 5) is 16.1. The summed E-state index contributed by atoms with van der Waals surface area (Å²) in [5.41, 5.74) is 1.05. The Morgan fingerprint density at radius 3 is 2.90 bits per heavy atom. The molecule has 1 aliphatic heterocycles. The van der Waals surface area contributed by atoms with Gasteiger partial charge >= 0.3 is 0 Å². The number of halogens is 1. The van der Waals surface area contributed by atoms with Gasteiger partial charge in [-0.05, 0) is 51.2 Å². The van der Waals surface area contributed by atoms with E-state index in [9.17, 15) is 4.79 Å². The number of carbonyl (C=O) groups excluding carboxylic acids is 1. The first-order valence-electron chi connectivity index (χ1n) is 7.01. The summed E-state index contributed by atoms with van der Waals surface area (Å²) in [5, 5.41) is 3.96. The number of nitrogens with one attached hydrogen (secondary N) is 1. The first-order valence-corrected chi connectivity index (χ1v) is 7.39. The minimum absolute atomic E-state index is 0.0412. The van der Waals surface area contributed by atoms with Crippen LogP contribution in [0.25, 0.3) is 0 Å². The molecule has 0 spiro atoms. The molecule has 1 aromatic rings. The third kappa shape index (κ3) is 3.95. The van der Waals surface area contributed by atoms with Crippen LogP contribution in [0.4, 0.5) is 0 Å². The Hall–Kier alpha value is -1.10. The maximum absolute atomic E-state index is 12.0. The van der Waals surface area contributed by atoms with Crippen LogP contribution < -0.4 is 5.32 Å². The van der Waals surface area contributed by atoms with Gasteiger partial charge in [0.1, 0.15) is 6.17 Å². The fourth-order valence-electron chi connectivity index (χ4n) is 2.48. The van der Waals surface area contributed by atoms with E-state index in [4.69, 9.17) is 11.6 Å². The molecule has 1 N–H and O–H groups in total. The molecule has 2 rings (SSSR count). The van der Waals surface area contributed by atoms with Crippen LogP contribution in [-0.2, 0) is 4.79 Å². The lowest BCUT2D eigenvalue weighted by Gasteiger charge is -2.25. The van der Waals surface area contributed by atoms with Crippen molar-refractivity contribution in [1.82, 2.24) is 15.1 Å². The van der Waals surface area contributed by atoms with Crippen molar-refractivity contribution in [3.63, 3.8) is 0 Å². The van der Waals surface area contributed by atoms with Gasteiger partial charge in [-0.15, -0.1) is 0 Å². The Morgan fingerprint density at radius 2 is 2.20 bits per heavy atom. The van der Waals surface area contributed by atoms with Crippen molar-refractivity contribution in [2.24, 2.45) is 0 Å². The maximum atomic E-state index is 12.0. The molecule has 1 atom stereocenters. The summed E-state index contributed by atoms with van der Waals surface area (Å²) in [6.45, 7) is 2.25. The molecule has 1 fully saturated rings. The Labute approximate surface area is 125 Å². The van der Waals surface area contributed by atoms with E-state index in [-0.39, 0.29) is 12.1 Å². The number of rotatable bonds is 6. The van der Waals surface area contributed by atoms with Gasteiger partial charge in [0.05, 0.1) is 6.54 Å². The summed E-state index contributed by atoms with van der Waals surface area (Å²) in [7, 11) is 4.13. The second kappa shape index (κ2) is 7.07. The number of hydrogen-bond donors (Lipinski definition) is 1. The molecule has 1 aliphatic rings. The normalized spacial score (nSPS) is 19.1. The lowest BCUT2D eigenvalue weighted by Crippen LogP contribution is -2.31. The van der Waals surface area contributed by atoms with Crippen LogP contribution in [-0.4, -0.2) is 49.4 Å². The SMILES string of the molecule is CN(C)CCCCN1C(=O)CNC1c1cccc(Cl)c1. The molecule has 4 nitrogen and oxygen atoms in total. The van der Waals surface area contributed by atoms with Crippen molar-refractivity contribution < 1.29 is 4.79 Å². The Kier molecular flexibility index (Phi) is 5.40. The summed E-state index contributed by atoms with van der Waals surface area (Å²) in [5.74, 6) is 0.167. The average molecular weight is 296 g/mol. The van der Waals surface area contributed by atoms with Gasteiger partial charge in [0.25, 0.3) is 0 Å². The molecule has 1 unspecified atom stereocenters. The molecule has 110 valence electrons. The van der Waals surface area contributed by atoms with E-state index in [1.54, 1.807) is 0 Å². The standard InChI is InChI=1S/C15H22ClN3O/c1-18(2)8-3-4-9-19-14(20)11-17-15(19)12-6-5-7-13(16)10-12/h5-7,10,15,17H,3-4,8-9,11H2,1-2H3. The fourth-order valence-corrected chi connectivity index (χ4v) is 2.68. The molecular weight excluding hydrogens is 274 g/mol. The Balaban J connectivity index is 1.96. The van der Waals surface area contributed by atoms with Crippen molar-refractivity contribution in [2.75, 3.05) is 33.7 Å². The van der Waals surface area contributed by atoms with Gasteiger partial charge in [0.15, 0.2) is 0 Å². The number of nitrogens with zero attached hydrogens (tertiary/aromatic N) is 2. The highest BCUT2D eigenvalue weighted by atomic mass is 35.5. The molecule has 5 heteroatoms. The zero-order valence-electron chi connectivity index (χ0n) is 12.1. The van der Waals surface area contributed by atoms with Crippen molar-refractivity contribution in [3.8, 4) is 0 Å². The van der Waals surface area contributed by atoms with Crippen molar-refractivity contribution in [1.29, 1.82) is 0 Å². The van der Waals surface area contributed by atoms with Crippen LogP contribution in [0.2, 0.25) is 5.02 Å². The number of amides is 1. The van der Waals surface area contributed by atoms with E-state index < -0.39 is 0 Å². The molecule has 1 saturated heterocycles. The summed E-state index contributed by atoms with van der Waals surface area (Å²) in [6.07, 6.45) is 2.07. The molecule has 1 aromatic carbocycles. The second-order valence-corrected chi connectivity index (χ2v) is 5.87. The molecule has 1 amide bonds. The topological polar surface area (TPSA) is 35.6 Å². The number of unbranched alkanes of at least 4 members (excludes halogenated alkanes) is 1. The molecular formula is C15H22ClN3O. The van der Waals surface area contributed by atoms with Crippen LogP contribution in [0.15, 0.2) is 24.3 Å². The van der Waals surface area contributed by atoms with Crippen LogP contribution in [0.3, 0.4) is 0 Å². The van der Waals surface area contributed by atoms with Crippen LogP contribution >= 0.6 is 11.6 Å². The number of benzene rings is 1. The Bertz CT molecular complexity index is 464. The first-order chi connectivity index (χ1) is 9.58. The maximum Gasteiger partial charge on any atom is 0.238 e. The van der Waals surface area contributed by atoms with E-state index in [1.165, 1.54) is 0 Å². The minimum atomic E-state index is -0.0412. The van der Waals surface area contributed by atoms with Gasteiger partial charge in [-0.1, -0.05) is 23.7 Å². The average Bonchev–Trinajstić information content (AvgIpc) is 2.76. The lowest BCUT2D eigenvalue weighted by molar-refractivity contribution is -0.128. The number of hydrogen-bond acceptors (Lipinski definition) is 3. The van der Waals surface area contributed by atoms with Gasteiger partial charge < -0.3 is 9.80 Å². The summed E-state index contributed by atoms with van der Waals surface area (Å²) < 4.78 is 0.